The van der Waals surface area contributed by atoms with Crippen molar-refractivity contribution in [3.05, 3.63) is 40.9 Å². The average molecular weight is 413 g/mol. The molecule has 1 aliphatic carbocycles. The van der Waals surface area contributed by atoms with Crippen LogP contribution in [0.3, 0.4) is 0 Å². The number of aromatic nitrogens is 3. The summed E-state index contributed by atoms with van der Waals surface area (Å²) in [5.74, 6) is 1.000. The second-order valence-corrected chi connectivity index (χ2v) is 9.22. The van der Waals surface area contributed by atoms with E-state index in [-0.39, 0.29) is 5.91 Å². The Kier molecular flexibility index (Phi) is 6.22. The molecule has 28 heavy (non-hydrogen) atoms. The highest BCUT2D eigenvalue weighted by molar-refractivity contribution is 8.00. The molecule has 1 saturated carbocycles. The number of hydrogen-bond acceptors (Lipinski definition) is 6. The number of nitrogens with one attached hydrogen (secondary N) is 1. The Balaban J connectivity index is 1.48. The number of thioether (sulfide) groups is 1. The minimum atomic E-state index is -0.0643. The van der Waals surface area contributed by atoms with E-state index in [0.717, 1.165) is 34.3 Å². The van der Waals surface area contributed by atoms with Gasteiger partial charge in [-0.2, -0.15) is 0 Å². The van der Waals surface area contributed by atoms with Gasteiger partial charge in [-0.15, -0.1) is 10.2 Å². The third-order valence-corrected chi connectivity index (χ3v) is 7.12. The first-order valence-electron chi connectivity index (χ1n) is 9.85. The summed E-state index contributed by atoms with van der Waals surface area (Å²) in [6, 6.07) is 10.5. The summed E-state index contributed by atoms with van der Waals surface area (Å²) < 4.78 is 0. The van der Waals surface area contributed by atoms with Crippen LogP contribution in [-0.4, -0.2) is 26.8 Å². The van der Waals surface area contributed by atoms with E-state index in [1.807, 2.05) is 19.1 Å². The summed E-state index contributed by atoms with van der Waals surface area (Å²) in [6.07, 6.45) is 7.14. The fourth-order valence-electron chi connectivity index (χ4n) is 3.68. The van der Waals surface area contributed by atoms with E-state index < -0.39 is 0 Å². The smallest absolute Gasteiger partial charge is 0.236 e. The Hall–Kier alpha value is -1.99. The zero-order valence-electron chi connectivity index (χ0n) is 16.0. The number of amides is 1. The second kappa shape index (κ2) is 9.01. The van der Waals surface area contributed by atoms with E-state index in [1.165, 1.54) is 59.7 Å². The first kappa shape index (κ1) is 19.3. The maximum Gasteiger partial charge on any atom is 0.236 e. The van der Waals surface area contributed by atoms with Crippen LogP contribution in [0.15, 0.2) is 35.4 Å². The molecule has 0 unspecified atom stereocenters. The monoisotopic (exact) mass is 412 g/mol. The Bertz CT molecular complexity index is 966. The average Bonchev–Trinajstić information content (AvgIpc) is 3.38. The van der Waals surface area contributed by atoms with Crippen molar-refractivity contribution in [3.8, 4) is 0 Å². The molecule has 1 amide bonds. The molecular formula is C21H24N4OS2. The summed E-state index contributed by atoms with van der Waals surface area (Å²) in [5.41, 5.74) is 2.25. The molecule has 0 saturated heterocycles. The van der Waals surface area contributed by atoms with Gasteiger partial charge in [0.25, 0.3) is 0 Å². The molecule has 0 spiro atoms. The third kappa shape index (κ3) is 4.70. The fraction of sp³-hybridized carbons (Fsp3) is 0.429. The number of carbonyl (C=O) groups is 1. The van der Waals surface area contributed by atoms with Gasteiger partial charge >= 0.3 is 0 Å². The number of carbonyl (C=O) groups excluding carboxylic acids is 1. The van der Waals surface area contributed by atoms with Gasteiger partial charge in [0.15, 0.2) is 0 Å². The first-order valence-corrected chi connectivity index (χ1v) is 11.6. The molecule has 2 aromatic heterocycles. The van der Waals surface area contributed by atoms with E-state index in [9.17, 15) is 4.79 Å². The molecule has 0 bridgehead atoms. The molecule has 4 rings (SSSR count). The number of para-hydroxylation sites is 1. The number of anilines is 1. The zero-order chi connectivity index (χ0) is 19.3. The van der Waals surface area contributed by atoms with E-state index in [4.69, 9.17) is 4.98 Å². The van der Waals surface area contributed by atoms with Gasteiger partial charge < -0.3 is 0 Å². The maximum absolute atomic E-state index is 12.4. The molecule has 5 nitrogen and oxygen atoms in total. The summed E-state index contributed by atoms with van der Waals surface area (Å²) in [6.45, 7) is 2.03. The lowest BCUT2D eigenvalue weighted by Crippen LogP contribution is -2.14. The van der Waals surface area contributed by atoms with Crippen LogP contribution in [-0.2, 0) is 17.6 Å². The largest absolute Gasteiger partial charge is 0.300 e. The SMILES string of the molecule is CCc1nnc(NC(=O)CSc2nc3ccccc3cc2CC2CCCC2)s1. The molecule has 0 aliphatic heterocycles. The lowest BCUT2D eigenvalue weighted by molar-refractivity contribution is -0.113. The maximum atomic E-state index is 12.4. The van der Waals surface area contributed by atoms with Crippen molar-refractivity contribution in [1.82, 2.24) is 15.2 Å². The van der Waals surface area contributed by atoms with Crippen molar-refractivity contribution < 1.29 is 4.79 Å². The number of hydrogen-bond donors (Lipinski definition) is 1. The zero-order valence-corrected chi connectivity index (χ0v) is 17.6. The van der Waals surface area contributed by atoms with Crippen LogP contribution in [0, 0.1) is 5.92 Å². The Labute approximate surface area is 173 Å². The number of fused-ring (bicyclic) bond motifs is 1. The van der Waals surface area contributed by atoms with Gasteiger partial charge in [0.05, 0.1) is 11.3 Å². The lowest BCUT2D eigenvalue weighted by atomic mass is 9.98. The number of pyridine rings is 1. The summed E-state index contributed by atoms with van der Waals surface area (Å²) in [7, 11) is 0. The van der Waals surface area contributed by atoms with Crippen LogP contribution < -0.4 is 5.32 Å². The highest BCUT2D eigenvalue weighted by atomic mass is 32.2. The number of benzene rings is 1. The van der Waals surface area contributed by atoms with E-state index in [1.54, 1.807) is 0 Å². The van der Waals surface area contributed by atoms with Gasteiger partial charge in [-0.25, -0.2) is 4.98 Å². The standard InChI is InChI=1S/C21H24N4OS2/c1-2-19-24-25-21(28-19)23-18(26)13-27-20-16(11-14-7-3-4-8-14)12-15-9-5-6-10-17(15)22-20/h5-6,9-10,12,14H,2-4,7-8,11,13H2,1H3,(H,23,25,26). The van der Waals surface area contributed by atoms with Crippen LogP contribution >= 0.6 is 23.1 Å². The van der Waals surface area contributed by atoms with Crippen molar-refractivity contribution >= 4 is 45.0 Å². The topological polar surface area (TPSA) is 67.8 Å². The van der Waals surface area contributed by atoms with Crippen LogP contribution in [0.2, 0.25) is 0 Å². The molecule has 2 heterocycles. The molecule has 1 N–H and O–H groups in total. The predicted molar refractivity (Wildman–Crippen MR) is 116 cm³/mol. The number of aryl methyl sites for hydroxylation is 1. The van der Waals surface area contributed by atoms with E-state index >= 15 is 0 Å². The fourth-order valence-corrected chi connectivity index (χ4v) is 5.20. The first-order chi connectivity index (χ1) is 13.7. The molecule has 146 valence electrons. The second-order valence-electron chi connectivity index (χ2n) is 7.19. The minimum Gasteiger partial charge on any atom is -0.300 e. The molecule has 0 radical (unpaired) electrons. The third-order valence-electron chi connectivity index (χ3n) is 5.10. The molecule has 1 aromatic carbocycles. The summed E-state index contributed by atoms with van der Waals surface area (Å²) in [5, 5.41) is 14.6. The molecule has 3 aromatic rings. The van der Waals surface area contributed by atoms with Gasteiger partial charge in [0, 0.05) is 5.39 Å². The Morgan fingerprint density at radius 3 is 2.86 bits per heavy atom. The van der Waals surface area contributed by atoms with Gasteiger partial charge in [-0.05, 0) is 36.5 Å². The van der Waals surface area contributed by atoms with Crippen molar-refractivity contribution in [2.45, 2.75) is 50.5 Å². The highest BCUT2D eigenvalue weighted by Gasteiger charge is 2.19. The van der Waals surface area contributed by atoms with Crippen molar-refractivity contribution in [3.63, 3.8) is 0 Å². The van der Waals surface area contributed by atoms with Crippen molar-refractivity contribution in [1.29, 1.82) is 0 Å². The number of rotatable bonds is 7. The van der Waals surface area contributed by atoms with Gasteiger partial charge in [-0.1, -0.05) is 73.9 Å². The molecular weight excluding hydrogens is 388 g/mol. The van der Waals surface area contributed by atoms with Gasteiger partial charge in [-0.3, -0.25) is 10.1 Å². The summed E-state index contributed by atoms with van der Waals surface area (Å²) >= 11 is 2.95. The van der Waals surface area contributed by atoms with Gasteiger partial charge in [0.2, 0.25) is 11.0 Å². The highest BCUT2D eigenvalue weighted by Crippen LogP contribution is 2.33. The predicted octanol–water partition coefficient (Wildman–Crippen LogP) is 5.11. The van der Waals surface area contributed by atoms with Gasteiger partial charge in [0.1, 0.15) is 10.0 Å². The van der Waals surface area contributed by atoms with Crippen LogP contribution in [0.1, 0.15) is 43.2 Å². The number of nitrogens with zero attached hydrogens (tertiary/aromatic N) is 3. The Morgan fingerprint density at radius 2 is 2.07 bits per heavy atom. The van der Waals surface area contributed by atoms with Crippen LogP contribution in [0.25, 0.3) is 10.9 Å². The summed E-state index contributed by atoms with van der Waals surface area (Å²) in [4.78, 5) is 17.3. The van der Waals surface area contributed by atoms with Crippen molar-refractivity contribution in [2.75, 3.05) is 11.1 Å². The molecule has 1 fully saturated rings. The van der Waals surface area contributed by atoms with Crippen molar-refractivity contribution in [2.24, 2.45) is 5.92 Å². The normalized spacial score (nSPS) is 14.6. The van der Waals surface area contributed by atoms with Crippen LogP contribution in [0.5, 0.6) is 0 Å². The van der Waals surface area contributed by atoms with Crippen LogP contribution in [0.4, 0.5) is 5.13 Å². The molecule has 7 heteroatoms. The molecule has 0 atom stereocenters. The lowest BCUT2D eigenvalue weighted by Gasteiger charge is -2.14. The molecule has 1 aliphatic rings. The minimum absolute atomic E-state index is 0.0643. The quantitative estimate of drug-likeness (QED) is 0.546. The van der Waals surface area contributed by atoms with E-state index in [2.05, 4.69) is 33.7 Å². The Morgan fingerprint density at radius 1 is 1.25 bits per heavy atom. The van der Waals surface area contributed by atoms with E-state index in [0.29, 0.717) is 10.9 Å².